The van der Waals surface area contributed by atoms with Gasteiger partial charge in [0, 0.05) is 10.1 Å². The van der Waals surface area contributed by atoms with Crippen LogP contribution in [0.5, 0.6) is 5.75 Å². The molecule has 34 heavy (non-hydrogen) atoms. The number of rotatable bonds is 10. The highest BCUT2D eigenvalue weighted by Gasteiger charge is 2.30. The fourth-order valence-electron chi connectivity index (χ4n) is 3.59. The number of carbonyl (C=O) groups is 1. The summed E-state index contributed by atoms with van der Waals surface area (Å²) >= 11 is 1.74. The maximum atomic E-state index is 12.8. The van der Waals surface area contributed by atoms with Crippen molar-refractivity contribution in [3.63, 3.8) is 0 Å². The van der Waals surface area contributed by atoms with Crippen LogP contribution in [-0.2, 0) is 11.0 Å². The second-order valence-electron chi connectivity index (χ2n) is 8.06. The summed E-state index contributed by atoms with van der Waals surface area (Å²) in [6.07, 6.45) is -1.22. The first-order valence-corrected chi connectivity index (χ1v) is 11.9. The van der Waals surface area contributed by atoms with E-state index in [4.69, 9.17) is 9.84 Å². The van der Waals surface area contributed by atoms with Crippen LogP contribution in [0.4, 0.5) is 13.2 Å². The van der Waals surface area contributed by atoms with Gasteiger partial charge in [-0.3, -0.25) is 0 Å². The van der Waals surface area contributed by atoms with Crippen molar-refractivity contribution in [1.29, 1.82) is 0 Å². The number of hydrogen-bond acceptors (Lipinski definition) is 3. The molecule has 3 aromatic carbocycles. The van der Waals surface area contributed by atoms with Crippen LogP contribution in [0.15, 0.2) is 71.6 Å². The topological polar surface area (TPSA) is 46.5 Å². The van der Waals surface area contributed by atoms with E-state index in [0.29, 0.717) is 5.75 Å². The Kier molecular flexibility index (Phi) is 8.67. The van der Waals surface area contributed by atoms with Crippen LogP contribution in [0.25, 0.3) is 11.1 Å². The molecule has 0 spiro atoms. The van der Waals surface area contributed by atoms with Crippen LogP contribution in [-0.4, -0.2) is 17.7 Å². The minimum Gasteiger partial charge on any atom is -0.482 e. The number of halogens is 3. The highest BCUT2D eigenvalue weighted by molar-refractivity contribution is 7.99. The molecule has 0 radical (unpaired) electrons. The number of aryl methyl sites for hydroxylation is 1. The molecule has 180 valence electrons. The SMILES string of the molecule is CCCC[C@H](Sc1ccc(OCC(=O)O)c(C)c1)c1ccc(-c2ccc(C(F)(F)F)cc2)cc1. The van der Waals surface area contributed by atoms with Crippen molar-refractivity contribution in [1.82, 2.24) is 0 Å². The van der Waals surface area contributed by atoms with E-state index in [-0.39, 0.29) is 11.9 Å². The summed E-state index contributed by atoms with van der Waals surface area (Å²) < 4.78 is 43.8. The first-order valence-electron chi connectivity index (χ1n) is 11.1. The third-order valence-corrected chi connectivity index (χ3v) is 6.74. The van der Waals surface area contributed by atoms with Crippen LogP contribution < -0.4 is 4.74 Å². The molecule has 0 heterocycles. The lowest BCUT2D eigenvalue weighted by atomic mass is 10.00. The van der Waals surface area contributed by atoms with Crippen molar-refractivity contribution in [3.05, 3.63) is 83.4 Å². The molecule has 0 bridgehead atoms. The van der Waals surface area contributed by atoms with Gasteiger partial charge in [0.1, 0.15) is 5.75 Å². The van der Waals surface area contributed by atoms with Gasteiger partial charge in [-0.2, -0.15) is 13.2 Å². The Hall–Kier alpha value is -2.93. The fourth-order valence-corrected chi connectivity index (χ4v) is 4.88. The standard InChI is InChI=1S/C27H27F3O3S/c1-3-4-5-25(34-23-14-15-24(18(2)16-23)33-17-26(31)32)21-8-6-19(7-9-21)20-10-12-22(13-11-20)27(28,29)30/h6-16,25H,3-5,17H2,1-2H3,(H,31,32)/t25-/m0/s1. The largest absolute Gasteiger partial charge is 0.482 e. The molecule has 3 nitrogen and oxygen atoms in total. The van der Waals surface area contributed by atoms with E-state index in [1.165, 1.54) is 12.1 Å². The smallest absolute Gasteiger partial charge is 0.416 e. The number of carboxylic acids is 1. The molecule has 0 aliphatic heterocycles. The lowest BCUT2D eigenvalue weighted by molar-refractivity contribution is -0.139. The zero-order valence-corrected chi connectivity index (χ0v) is 19.9. The number of thioether (sulfide) groups is 1. The van der Waals surface area contributed by atoms with Gasteiger partial charge >= 0.3 is 12.1 Å². The summed E-state index contributed by atoms with van der Waals surface area (Å²) in [5, 5.41) is 9.02. The Morgan fingerprint density at radius 3 is 2.15 bits per heavy atom. The van der Waals surface area contributed by atoms with E-state index < -0.39 is 17.7 Å². The van der Waals surface area contributed by atoms with Gasteiger partial charge in [-0.05, 0) is 65.9 Å². The van der Waals surface area contributed by atoms with Crippen LogP contribution >= 0.6 is 11.8 Å². The quantitative estimate of drug-likeness (QED) is 0.292. The lowest BCUT2D eigenvalue weighted by Gasteiger charge is -2.18. The third-order valence-electron chi connectivity index (χ3n) is 5.42. The van der Waals surface area contributed by atoms with E-state index in [0.717, 1.165) is 58.5 Å². The van der Waals surface area contributed by atoms with Gasteiger partial charge in [-0.1, -0.05) is 56.2 Å². The molecule has 0 amide bonds. The highest BCUT2D eigenvalue weighted by Crippen LogP contribution is 2.41. The van der Waals surface area contributed by atoms with Crippen LogP contribution in [0.2, 0.25) is 0 Å². The Morgan fingerprint density at radius 1 is 1.00 bits per heavy atom. The van der Waals surface area contributed by atoms with E-state index in [1.807, 2.05) is 43.3 Å². The Morgan fingerprint density at radius 2 is 1.62 bits per heavy atom. The summed E-state index contributed by atoms with van der Waals surface area (Å²) in [7, 11) is 0. The number of benzene rings is 3. The van der Waals surface area contributed by atoms with E-state index in [2.05, 4.69) is 6.92 Å². The zero-order valence-electron chi connectivity index (χ0n) is 19.1. The first-order chi connectivity index (χ1) is 16.2. The monoisotopic (exact) mass is 488 g/mol. The first kappa shape index (κ1) is 25.7. The molecule has 0 saturated heterocycles. The summed E-state index contributed by atoms with van der Waals surface area (Å²) in [5.41, 5.74) is 2.98. The minimum absolute atomic E-state index is 0.215. The van der Waals surface area contributed by atoms with Crippen molar-refractivity contribution < 1.29 is 27.8 Å². The predicted molar refractivity (Wildman–Crippen MR) is 129 cm³/mol. The number of alkyl halides is 3. The van der Waals surface area contributed by atoms with E-state index in [1.54, 1.807) is 17.8 Å². The van der Waals surface area contributed by atoms with Crippen molar-refractivity contribution in [2.45, 2.75) is 49.4 Å². The summed E-state index contributed by atoms with van der Waals surface area (Å²) in [5.74, 6) is -0.463. The van der Waals surface area contributed by atoms with Crippen LogP contribution in [0.1, 0.15) is 48.1 Å². The molecular weight excluding hydrogens is 461 g/mol. The second kappa shape index (κ2) is 11.5. The van der Waals surface area contributed by atoms with Crippen LogP contribution in [0.3, 0.4) is 0 Å². The molecule has 3 rings (SSSR count). The average Bonchev–Trinajstić information content (AvgIpc) is 2.81. The van der Waals surface area contributed by atoms with Crippen molar-refractivity contribution in [3.8, 4) is 16.9 Å². The summed E-state index contributed by atoms with van der Waals surface area (Å²) in [6.45, 7) is 3.66. The van der Waals surface area contributed by atoms with Crippen molar-refractivity contribution in [2.75, 3.05) is 6.61 Å². The molecule has 1 atom stereocenters. The maximum absolute atomic E-state index is 12.8. The molecule has 0 saturated carbocycles. The summed E-state index contributed by atoms with van der Waals surface area (Å²) in [6, 6.07) is 18.9. The molecule has 7 heteroatoms. The van der Waals surface area contributed by atoms with Gasteiger partial charge in [0.2, 0.25) is 0 Å². The Bertz CT molecular complexity index is 1090. The summed E-state index contributed by atoms with van der Waals surface area (Å²) in [4.78, 5) is 11.8. The van der Waals surface area contributed by atoms with Gasteiger partial charge < -0.3 is 9.84 Å². The molecule has 0 aliphatic rings. The van der Waals surface area contributed by atoms with E-state index >= 15 is 0 Å². The Labute approximate surface area is 202 Å². The zero-order chi connectivity index (χ0) is 24.7. The number of hydrogen-bond donors (Lipinski definition) is 1. The average molecular weight is 489 g/mol. The maximum Gasteiger partial charge on any atom is 0.416 e. The predicted octanol–water partition coefficient (Wildman–Crippen LogP) is 8.17. The number of unbranched alkanes of at least 4 members (excludes halogenated alkanes) is 1. The highest BCUT2D eigenvalue weighted by atomic mass is 32.2. The van der Waals surface area contributed by atoms with Crippen LogP contribution in [0, 0.1) is 6.92 Å². The third kappa shape index (κ3) is 7.03. The van der Waals surface area contributed by atoms with Gasteiger partial charge in [0.15, 0.2) is 6.61 Å². The Balaban J connectivity index is 1.76. The van der Waals surface area contributed by atoms with Gasteiger partial charge in [0.25, 0.3) is 0 Å². The normalized spacial score (nSPS) is 12.4. The molecule has 0 unspecified atom stereocenters. The molecule has 0 aromatic heterocycles. The molecule has 0 aliphatic carbocycles. The van der Waals surface area contributed by atoms with E-state index in [9.17, 15) is 18.0 Å². The fraction of sp³-hybridized carbons (Fsp3) is 0.296. The molecular formula is C27H27F3O3S. The number of ether oxygens (including phenoxy) is 1. The number of carboxylic acid groups (broad SMARTS) is 1. The number of aliphatic carboxylic acids is 1. The van der Waals surface area contributed by atoms with Gasteiger partial charge in [-0.25, -0.2) is 4.79 Å². The molecule has 1 N–H and O–H groups in total. The molecule has 3 aromatic rings. The van der Waals surface area contributed by atoms with Crippen molar-refractivity contribution in [2.24, 2.45) is 0 Å². The van der Waals surface area contributed by atoms with Gasteiger partial charge in [-0.15, -0.1) is 11.8 Å². The lowest BCUT2D eigenvalue weighted by Crippen LogP contribution is -2.10. The van der Waals surface area contributed by atoms with Crippen molar-refractivity contribution >= 4 is 17.7 Å². The molecule has 0 fully saturated rings. The minimum atomic E-state index is -4.34. The second-order valence-corrected chi connectivity index (χ2v) is 9.33. The van der Waals surface area contributed by atoms with Gasteiger partial charge in [0.05, 0.1) is 5.56 Å².